The number of nitrogens with one attached hydrogen (secondary N) is 2. The predicted molar refractivity (Wildman–Crippen MR) is 116 cm³/mol. The lowest BCUT2D eigenvalue weighted by Crippen LogP contribution is -2.18. The predicted octanol–water partition coefficient (Wildman–Crippen LogP) is 4.66. The third kappa shape index (κ3) is 4.13. The highest BCUT2D eigenvalue weighted by Crippen LogP contribution is 2.26. The van der Waals surface area contributed by atoms with E-state index in [9.17, 15) is 13.2 Å². The number of rotatable bonds is 5. The molecule has 0 saturated carbocycles. The first kappa shape index (κ1) is 19.1. The van der Waals surface area contributed by atoms with E-state index in [0.29, 0.717) is 5.69 Å². The number of aryl methyl sites for hydroxylation is 1. The Morgan fingerprint density at radius 2 is 1.69 bits per heavy atom. The highest BCUT2D eigenvalue weighted by Gasteiger charge is 2.18. The van der Waals surface area contributed by atoms with Crippen LogP contribution < -0.4 is 10.0 Å². The molecule has 0 bridgehead atoms. The van der Waals surface area contributed by atoms with Crippen molar-refractivity contribution < 1.29 is 13.2 Å². The highest BCUT2D eigenvalue weighted by molar-refractivity contribution is 7.92. The number of carbonyl (C=O) groups excluding carboxylic acids is 1. The van der Waals surface area contributed by atoms with Crippen LogP contribution in [0.25, 0.3) is 10.2 Å². The normalized spacial score (nSPS) is 11.3. The molecule has 8 heteroatoms. The standard InChI is InChI=1S/C21H17N3O3S2/c1-14-22-19-13-15(11-12-20(19)28-14)23-21(25)17-9-5-6-10-18(17)24-29(26,27)16-7-3-2-4-8-16/h2-13,24H,1H3,(H,23,25). The summed E-state index contributed by atoms with van der Waals surface area (Å²) in [5.74, 6) is -0.414. The van der Waals surface area contributed by atoms with Gasteiger partial charge in [0, 0.05) is 5.69 Å². The number of hydrogen-bond acceptors (Lipinski definition) is 5. The molecule has 2 N–H and O–H groups in total. The largest absolute Gasteiger partial charge is 0.322 e. The molecule has 4 aromatic rings. The van der Waals surface area contributed by atoms with Gasteiger partial charge in [0.1, 0.15) is 0 Å². The van der Waals surface area contributed by atoms with Crippen LogP contribution in [0.15, 0.2) is 77.7 Å². The number of nitrogens with zero attached hydrogens (tertiary/aromatic N) is 1. The van der Waals surface area contributed by atoms with Gasteiger partial charge in [-0.1, -0.05) is 30.3 Å². The van der Waals surface area contributed by atoms with Gasteiger partial charge in [-0.3, -0.25) is 9.52 Å². The number of benzene rings is 3. The van der Waals surface area contributed by atoms with Crippen LogP contribution >= 0.6 is 11.3 Å². The molecule has 0 atom stereocenters. The van der Waals surface area contributed by atoms with Crippen molar-refractivity contribution in [2.45, 2.75) is 11.8 Å². The molecule has 0 aliphatic heterocycles. The molecule has 29 heavy (non-hydrogen) atoms. The van der Waals surface area contributed by atoms with E-state index >= 15 is 0 Å². The molecule has 4 rings (SSSR count). The Hall–Kier alpha value is -3.23. The van der Waals surface area contributed by atoms with Gasteiger partial charge >= 0.3 is 0 Å². The Labute approximate surface area is 172 Å². The highest BCUT2D eigenvalue weighted by atomic mass is 32.2. The van der Waals surface area contributed by atoms with Crippen LogP contribution in [0.4, 0.5) is 11.4 Å². The number of hydrogen-bond donors (Lipinski definition) is 2. The second kappa shape index (κ2) is 7.65. The number of thiazole rings is 1. The fourth-order valence-corrected chi connectivity index (χ4v) is 4.80. The van der Waals surface area contributed by atoms with E-state index in [2.05, 4.69) is 15.0 Å². The van der Waals surface area contributed by atoms with Crippen molar-refractivity contribution in [3.63, 3.8) is 0 Å². The number of amides is 1. The number of fused-ring (bicyclic) bond motifs is 1. The molecule has 6 nitrogen and oxygen atoms in total. The summed E-state index contributed by atoms with van der Waals surface area (Å²) < 4.78 is 28.8. The molecule has 0 aliphatic rings. The number of sulfonamides is 1. The Bertz CT molecular complexity index is 1300. The first-order valence-corrected chi connectivity index (χ1v) is 11.1. The molecule has 1 aromatic heterocycles. The van der Waals surface area contributed by atoms with Gasteiger partial charge in [-0.2, -0.15) is 0 Å². The Balaban J connectivity index is 1.61. The zero-order valence-corrected chi connectivity index (χ0v) is 17.0. The third-order valence-corrected chi connectivity index (χ3v) is 6.56. The first-order valence-electron chi connectivity index (χ1n) is 8.78. The molecular weight excluding hydrogens is 406 g/mol. The van der Waals surface area contributed by atoms with Gasteiger partial charge in [0.2, 0.25) is 0 Å². The number of carbonyl (C=O) groups is 1. The minimum Gasteiger partial charge on any atom is -0.322 e. The summed E-state index contributed by atoms with van der Waals surface area (Å²) in [5, 5.41) is 3.76. The summed E-state index contributed by atoms with van der Waals surface area (Å²) >= 11 is 1.58. The summed E-state index contributed by atoms with van der Waals surface area (Å²) in [5.41, 5.74) is 1.83. The Kier molecular flexibility index (Phi) is 5.04. The van der Waals surface area contributed by atoms with E-state index in [4.69, 9.17) is 0 Å². The second-order valence-corrected chi connectivity index (χ2v) is 9.25. The number of anilines is 2. The molecule has 0 radical (unpaired) electrons. The lowest BCUT2D eigenvalue weighted by Gasteiger charge is -2.13. The average molecular weight is 424 g/mol. The van der Waals surface area contributed by atoms with Crippen molar-refractivity contribution >= 4 is 48.9 Å². The molecule has 0 unspecified atom stereocenters. The van der Waals surface area contributed by atoms with E-state index in [1.54, 1.807) is 65.9 Å². The van der Waals surface area contributed by atoms with Gasteiger partial charge in [-0.05, 0) is 49.4 Å². The van der Waals surface area contributed by atoms with E-state index < -0.39 is 15.9 Å². The van der Waals surface area contributed by atoms with E-state index in [0.717, 1.165) is 15.2 Å². The van der Waals surface area contributed by atoms with E-state index in [-0.39, 0.29) is 16.1 Å². The zero-order chi connectivity index (χ0) is 20.4. The molecule has 3 aromatic carbocycles. The quantitative estimate of drug-likeness (QED) is 0.489. The minimum atomic E-state index is -3.81. The smallest absolute Gasteiger partial charge is 0.261 e. The van der Waals surface area contributed by atoms with Crippen molar-refractivity contribution in [2.24, 2.45) is 0 Å². The SMILES string of the molecule is Cc1nc2cc(NC(=O)c3ccccc3NS(=O)(=O)c3ccccc3)ccc2s1. The van der Waals surface area contributed by atoms with Gasteiger partial charge in [0.05, 0.1) is 31.4 Å². The summed E-state index contributed by atoms with van der Waals surface area (Å²) in [6.45, 7) is 1.93. The van der Waals surface area contributed by atoms with Gasteiger partial charge in [-0.15, -0.1) is 11.3 Å². The van der Waals surface area contributed by atoms with Crippen LogP contribution in [0, 0.1) is 6.92 Å². The summed E-state index contributed by atoms with van der Waals surface area (Å²) in [6, 6.07) is 20.0. The maximum absolute atomic E-state index is 12.8. The second-order valence-electron chi connectivity index (χ2n) is 6.33. The van der Waals surface area contributed by atoms with E-state index in [1.807, 2.05) is 13.0 Å². The zero-order valence-electron chi connectivity index (χ0n) is 15.4. The Morgan fingerprint density at radius 1 is 0.966 bits per heavy atom. The van der Waals surface area contributed by atoms with Crippen LogP contribution in [0.2, 0.25) is 0 Å². The number of para-hydroxylation sites is 1. The molecule has 1 heterocycles. The first-order chi connectivity index (χ1) is 13.9. The van der Waals surface area contributed by atoms with Gasteiger partial charge in [0.25, 0.3) is 15.9 Å². The molecule has 0 fully saturated rings. The van der Waals surface area contributed by atoms with Crippen LogP contribution in [0.1, 0.15) is 15.4 Å². The Morgan fingerprint density at radius 3 is 2.48 bits per heavy atom. The van der Waals surface area contributed by atoms with Crippen molar-refractivity contribution in [3.8, 4) is 0 Å². The molecule has 146 valence electrons. The molecule has 0 saturated heterocycles. The third-order valence-electron chi connectivity index (χ3n) is 4.22. The lowest BCUT2D eigenvalue weighted by molar-refractivity contribution is 0.102. The van der Waals surface area contributed by atoms with E-state index in [1.165, 1.54) is 12.1 Å². The van der Waals surface area contributed by atoms with Crippen LogP contribution in [-0.2, 0) is 10.0 Å². The summed E-state index contributed by atoms with van der Waals surface area (Å²) in [7, 11) is -3.81. The van der Waals surface area contributed by atoms with Crippen LogP contribution in [-0.4, -0.2) is 19.3 Å². The molecule has 1 amide bonds. The van der Waals surface area contributed by atoms with Gasteiger partial charge in [-0.25, -0.2) is 13.4 Å². The van der Waals surface area contributed by atoms with Crippen molar-refractivity contribution in [1.82, 2.24) is 4.98 Å². The lowest BCUT2D eigenvalue weighted by atomic mass is 10.1. The van der Waals surface area contributed by atoms with Crippen molar-refractivity contribution in [1.29, 1.82) is 0 Å². The van der Waals surface area contributed by atoms with Gasteiger partial charge < -0.3 is 5.32 Å². The molecule has 0 aliphatic carbocycles. The number of aromatic nitrogens is 1. The van der Waals surface area contributed by atoms with Crippen LogP contribution in [0.5, 0.6) is 0 Å². The summed E-state index contributed by atoms with van der Waals surface area (Å²) in [6.07, 6.45) is 0. The van der Waals surface area contributed by atoms with Crippen molar-refractivity contribution in [2.75, 3.05) is 10.0 Å². The van der Waals surface area contributed by atoms with Gasteiger partial charge in [0.15, 0.2) is 0 Å². The maximum Gasteiger partial charge on any atom is 0.261 e. The molecular formula is C21H17N3O3S2. The average Bonchev–Trinajstić information content (AvgIpc) is 3.08. The topological polar surface area (TPSA) is 88.2 Å². The summed E-state index contributed by atoms with van der Waals surface area (Å²) in [4.78, 5) is 17.4. The van der Waals surface area contributed by atoms with Crippen LogP contribution in [0.3, 0.4) is 0 Å². The molecule has 0 spiro atoms. The monoisotopic (exact) mass is 423 g/mol. The fraction of sp³-hybridized carbons (Fsp3) is 0.0476. The fourth-order valence-electron chi connectivity index (χ4n) is 2.89. The van der Waals surface area contributed by atoms with Crippen molar-refractivity contribution in [3.05, 3.63) is 83.4 Å². The maximum atomic E-state index is 12.8. The minimum absolute atomic E-state index is 0.125.